The predicted molar refractivity (Wildman–Crippen MR) is 93.5 cm³/mol. The summed E-state index contributed by atoms with van der Waals surface area (Å²) >= 11 is 0. The van der Waals surface area contributed by atoms with Crippen LogP contribution in [0.25, 0.3) is 0 Å². The van der Waals surface area contributed by atoms with Crippen molar-refractivity contribution in [2.45, 2.75) is 25.4 Å². The SMILES string of the molecule is COCC1(CNC(=O)CC2Oc3ccccc3NC2=O)CCNCC1. The minimum Gasteiger partial charge on any atom is -0.478 e. The minimum absolute atomic E-state index is 0.00147. The highest BCUT2D eigenvalue weighted by Crippen LogP contribution is 2.30. The standard InChI is InChI=1S/C18H25N3O4/c1-24-12-18(6-8-19-9-7-18)11-20-16(22)10-15-17(23)21-13-4-2-3-5-14(13)25-15/h2-5,15,19H,6-12H2,1H3,(H,20,22)(H,21,23). The number of anilines is 1. The molecule has 136 valence electrons. The summed E-state index contributed by atoms with van der Waals surface area (Å²) in [5.74, 6) is 0.116. The number of ether oxygens (including phenoxy) is 2. The van der Waals surface area contributed by atoms with E-state index >= 15 is 0 Å². The van der Waals surface area contributed by atoms with E-state index < -0.39 is 6.10 Å². The molecule has 0 bridgehead atoms. The number of fused-ring (bicyclic) bond motifs is 1. The smallest absolute Gasteiger partial charge is 0.266 e. The Bertz CT molecular complexity index is 623. The number of para-hydroxylation sites is 2. The molecule has 7 nitrogen and oxygen atoms in total. The number of benzene rings is 1. The van der Waals surface area contributed by atoms with Crippen LogP contribution >= 0.6 is 0 Å². The van der Waals surface area contributed by atoms with Gasteiger partial charge >= 0.3 is 0 Å². The topological polar surface area (TPSA) is 88.7 Å². The maximum atomic E-state index is 12.3. The van der Waals surface area contributed by atoms with E-state index in [-0.39, 0.29) is 23.7 Å². The van der Waals surface area contributed by atoms with Crippen molar-refractivity contribution in [3.8, 4) is 5.75 Å². The molecule has 7 heteroatoms. The van der Waals surface area contributed by atoms with Crippen molar-refractivity contribution in [3.05, 3.63) is 24.3 Å². The Kier molecular flexibility index (Phi) is 5.55. The average molecular weight is 347 g/mol. The quantitative estimate of drug-likeness (QED) is 0.712. The number of rotatable bonds is 6. The zero-order valence-electron chi connectivity index (χ0n) is 14.5. The number of hydrogen-bond donors (Lipinski definition) is 3. The molecule has 3 rings (SSSR count). The van der Waals surface area contributed by atoms with Crippen molar-refractivity contribution in [1.29, 1.82) is 0 Å². The van der Waals surface area contributed by atoms with Gasteiger partial charge in [0.05, 0.1) is 18.7 Å². The van der Waals surface area contributed by atoms with E-state index in [1.54, 1.807) is 19.2 Å². The van der Waals surface area contributed by atoms with E-state index in [0.717, 1.165) is 25.9 Å². The second kappa shape index (κ2) is 7.84. The Morgan fingerprint density at radius 2 is 2.12 bits per heavy atom. The zero-order valence-corrected chi connectivity index (χ0v) is 14.5. The monoisotopic (exact) mass is 347 g/mol. The van der Waals surface area contributed by atoms with Crippen LogP contribution < -0.4 is 20.7 Å². The molecule has 0 spiro atoms. The van der Waals surface area contributed by atoms with Crippen molar-refractivity contribution in [1.82, 2.24) is 10.6 Å². The van der Waals surface area contributed by atoms with Crippen molar-refractivity contribution in [2.24, 2.45) is 5.41 Å². The fourth-order valence-corrected chi connectivity index (χ4v) is 3.39. The number of nitrogens with one attached hydrogen (secondary N) is 3. The van der Waals surface area contributed by atoms with Crippen LogP contribution in [0.5, 0.6) is 5.75 Å². The maximum Gasteiger partial charge on any atom is 0.266 e. The molecule has 0 aliphatic carbocycles. The lowest BCUT2D eigenvalue weighted by Gasteiger charge is -2.37. The predicted octanol–water partition coefficient (Wildman–Crippen LogP) is 0.909. The van der Waals surface area contributed by atoms with Crippen LogP contribution in [0.3, 0.4) is 0 Å². The van der Waals surface area contributed by atoms with E-state index in [1.807, 2.05) is 12.1 Å². The first-order valence-electron chi connectivity index (χ1n) is 8.65. The molecule has 0 saturated carbocycles. The summed E-state index contributed by atoms with van der Waals surface area (Å²) in [4.78, 5) is 24.4. The fourth-order valence-electron chi connectivity index (χ4n) is 3.39. The molecular formula is C18H25N3O4. The van der Waals surface area contributed by atoms with Crippen LogP contribution in [0.4, 0.5) is 5.69 Å². The number of carbonyl (C=O) groups excluding carboxylic acids is 2. The molecule has 1 aromatic rings. The van der Waals surface area contributed by atoms with Crippen LogP contribution in [-0.4, -0.2) is 51.3 Å². The van der Waals surface area contributed by atoms with Gasteiger partial charge in [-0.3, -0.25) is 9.59 Å². The van der Waals surface area contributed by atoms with Crippen molar-refractivity contribution >= 4 is 17.5 Å². The van der Waals surface area contributed by atoms with Gasteiger partial charge in [0.2, 0.25) is 5.91 Å². The lowest BCUT2D eigenvalue weighted by Crippen LogP contribution is -2.48. The van der Waals surface area contributed by atoms with Gasteiger partial charge in [0.15, 0.2) is 6.10 Å². The molecule has 2 aliphatic heterocycles. The Hall–Kier alpha value is -2.12. The largest absolute Gasteiger partial charge is 0.478 e. The maximum absolute atomic E-state index is 12.3. The van der Waals surface area contributed by atoms with Gasteiger partial charge in [-0.1, -0.05) is 12.1 Å². The van der Waals surface area contributed by atoms with Gasteiger partial charge in [-0.05, 0) is 38.1 Å². The Balaban J connectivity index is 1.54. The van der Waals surface area contributed by atoms with E-state index in [2.05, 4.69) is 16.0 Å². The van der Waals surface area contributed by atoms with Crippen LogP contribution in [0.15, 0.2) is 24.3 Å². The van der Waals surface area contributed by atoms with E-state index in [0.29, 0.717) is 24.6 Å². The molecule has 1 unspecified atom stereocenters. The summed E-state index contributed by atoms with van der Waals surface area (Å²) in [5, 5.41) is 9.06. The first-order valence-corrected chi connectivity index (χ1v) is 8.65. The number of amides is 2. The molecule has 1 atom stereocenters. The molecule has 0 aromatic heterocycles. The molecule has 25 heavy (non-hydrogen) atoms. The first kappa shape index (κ1) is 17.7. The second-order valence-electron chi connectivity index (χ2n) is 6.76. The highest BCUT2D eigenvalue weighted by Gasteiger charge is 2.34. The van der Waals surface area contributed by atoms with Gasteiger partial charge in [-0.2, -0.15) is 0 Å². The second-order valence-corrected chi connectivity index (χ2v) is 6.76. The summed E-state index contributed by atoms with van der Waals surface area (Å²) in [6.07, 6.45) is 1.10. The molecule has 2 heterocycles. The van der Waals surface area contributed by atoms with Crippen LogP contribution in [0, 0.1) is 5.41 Å². The minimum atomic E-state index is -0.804. The van der Waals surface area contributed by atoms with Gasteiger partial charge < -0.3 is 25.4 Å². The molecule has 2 aliphatic rings. The van der Waals surface area contributed by atoms with Gasteiger partial charge in [-0.25, -0.2) is 0 Å². The van der Waals surface area contributed by atoms with Gasteiger partial charge in [0.1, 0.15) is 5.75 Å². The van der Waals surface area contributed by atoms with Crippen LogP contribution in [0.2, 0.25) is 0 Å². The summed E-state index contributed by atoms with van der Waals surface area (Å²) in [6.45, 7) is 3.00. The first-order chi connectivity index (χ1) is 12.1. The Morgan fingerprint density at radius 1 is 1.36 bits per heavy atom. The Labute approximate surface area is 147 Å². The summed E-state index contributed by atoms with van der Waals surface area (Å²) in [5.41, 5.74) is 0.593. The lowest BCUT2D eigenvalue weighted by atomic mass is 9.79. The van der Waals surface area contributed by atoms with Gasteiger partial charge in [0, 0.05) is 19.1 Å². The number of piperidine rings is 1. The summed E-state index contributed by atoms with van der Waals surface area (Å²) in [6, 6.07) is 7.21. The molecule has 1 fully saturated rings. The van der Waals surface area contributed by atoms with E-state index in [1.165, 1.54) is 0 Å². The molecular weight excluding hydrogens is 322 g/mol. The van der Waals surface area contributed by atoms with Crippen molar-refractivity contribution < 1.29 is 19.1 Å². The van der Waals surface area contributed by atoms with Gasteiger partial charge in [-0.15, -0.1) is 0 Å². The highest BCUT2D eigenvalue weighted by atomic mass is 16.5. The number of methoxy groups -OCH3 is 1. The average Bonchev–Trinajstić information content (AvgIpc) is 2.62. The van der Waals surface area contributed by atoms with E-state index in [9.17, 15) is 9.59 Å². The van der Waals surface area contributed by atoms with E-state index in [4.69, 9.17) is 9.47 Å². The molecule has 0 radical (unpaired) electrons. The van der Waals surface area contributed by atoms with Crippen LogP contribution in [-0.2, 0) is 14.3 Å². The van der Waals surface area contributed by atoms with Crippen LogP contribution in [0.1, 0.15) is 19.3 Å². The molecule has 2 amide bonds. The normalized spacial score (nSPS) is 21.6. The third-order valence-corrected chi connectivity index (χ3v) is 4.85. The molecule has 1 saturated heterocycles. The highest BCUT2D eigenvalue weighted by molar-refractivity contribution is 5.99. The third kappa shape index (κ3) is 4.29. The number of carbonyl (C=O) groups is 2. The zero-order chi connectivity index (χ0) is 17.7. The van der Waals surface area contributed by atoms with Crippen molar-refractivity contribution in [3.63, 3.8) is 0 Å². The third-order valence-electron chi connectivity index (χ3n) is 4.85. The van der Waals surface area contributed by atoms with Gasteiger partial charge in [0.25, 0.3) is 5.91 Å². The summed E-state index contributed by atoms with van der Waals surface area (Å²) in [7, 11) is 1.68. The number of hydrogen-bond acceptors (Lipinski definition) is 5. The lowest BCUT2D eigenvalue weighted by molar-refractivity contribution is -0.131. The van der Waals surface area contributed by atoms with Crippen molar-refractivity contribution in [2.75, 3.05) is 38.7 Å². The summed E-state index contributed by atoms with van der Waals surface area (Å²) < 4.78 is 11.0. The fraction of sp³-hybridized carbons (Fsp3) is 0.556. The molecule has 1 aromatic carbocycles. The Morgan fingerprint density at radius 3 is 2.88 bits per heavy atom. The molecule has 3 N–H and O–H groups in total.